The number of carbonyl (C=O) groups excluding carboxylic acids is 1. The first-order valence-corrected chi connectivity index (χ1v) is 10.7. The van der Waals surface area contributed by atoms with Crippen molar-refractivity contribution in [1.29, 1.82) is 0 Å². The number of nitrogens with zero attached hydrogens (tertiary/aromatic N) is 2. The van der Waals surface area contributed by atoms with Gasteiger partial charge in [-0.1, -0.05) is 18.2 Å². The zero-order valence-electron chi connectivity index (χ0n) is 16.6. The molecule has 1 aromatic heterocycles. The van der Waals surface area contributed by atoms with E-state index in [4.69, 9.17) is 14.6 Å². The number of para-hydroxylation sites is 1. The minimum absolute atomic E-state index is 0.187. The van der Waals surface area contributed by atoms with Gasteiger partial charge in [0.25, 0.3) is 11.7 Å². The molecule has 2 fully saturated rings. The zero-order valence-corrected chi connectivity index (χ0v) is 16.6. The van der Waals surface area contributed by atoms with Crippen LogP contribution >= 0.6 is 0 Å². The molecule has 152 valence electrons. The molecule has 3 aromatic rings. The summed E-state index contributed by atoms with van der Waals surface area (Å²) >= 11 is 0. The Morgan fingerprint density at radius 1 is 1.00 bits per heavy atom. The number of fused-ring (bicyclic) bond motifs is 1. The van der Waals surface area contributed by atoms with E-state index in [-0.39, 0.29) is 5.91 Å². The molecule has 2 aromatic carbocycles. The maximum atomic E-state index is 13.2. The summed E-state index contributed by atoms with van der Waals surface area (Å²) in [6.07, 6.45) is 6.31. The molecule has 2 aliphatic carbocycles. The maximum Gasteiger partial charge on any atom is 0.274 e. The SMILES string of the molecule is O=C(Nc1ccc2c(c1)OC1(CCCC1)O2)c1cc(C2CC2)nn1-c1ccccc1. The second kappa shape index (κ2) is 6.62. The molecule has 2 heterocycles. The number of amides is 1. The van der Waals surface area contributed by atoms with Crippen molar-refractivity contribution < 1.29 is 14.3 Å². The van der Waals surface area contributed by atoms with Crippen LogP contribution in [0.15, 0.2) is 54.6 Å². The summed E-state index contributed by atoms with van der Waals surface area (Å²) in [6, 6.07) is 17.3. The lowest BCUT2D eigenvalue weighted by Crippen LogP contribution is -2.34. The Morgan fingerprint density at radius 2 is 1.77 bits per heavy atom. The number of nitrogens with one attached hydrogen (secondary N) is 1. The van der Waals surface area contributed by atoms with Crippen molar-refractivity contribution in [3.8, 4) is 17.2 Å². The maximum absolute atomic E-state index is 13.2. The Balaban J connectivity index is 1.28. The minimum Gasteiger partial charge on any atom is -0.448 e. The second-order valence-corrected chi connectivity index (χ2v) is 8.41. The normalized spacial score (nSPS) is 18.7. The van der Waals surface area contributed by atoms with Gasteiger partial charge in [-0.3, -0.25) is 4.79 Å². The highest BCUT2D eigenvalue weighted by molar-refractivity contribution is 6.03. The van der Waals surface area contributed by atoms with Crippen LogP contribution in [0.3, 0.4) is 0 Å². The van der Waals surface area contributed by atoms with Crippen LogP contribution in [0.25, 0.3) is 5.69 Å². The average molecular weight is 401 g/mol. The summed E-state index contributed by atoms with van der Waals surface area (Å²) in [7, 11) is 0. The van der Waals surface area contributed by atoms with E-state index in [1.807, 2.05) is 54.6 Å². The van der Waals surface area contributed by atoms with Crippen LogP contribution in [0, 0.1) is 0 Å². The predicted octanol–water partition coefficient (Wildman–Crippen LogP) is 5.04. The highest BCUT2D eigenvalue weighted by atomic mass is 16.7. The predicted molar refractivity (Wildman–Crippen MR) is 112 cm³/mol. The van der Waals surface area contributed by atoms with E-state index in [0.29, 0.717) is 23.0 Å². The Kier molecular flexibility index (Phi) is 3.88. The van der Waals surface area contributed by atoms with Gasteiger partial charge in [-0.05, 0) is 56.0 Å². The van der Waals surface area contributed by atoms with Crippen LogP contribution in [0.5, 0.6) is 11.5 Å². The number of ether oxygens (including phenoxy) is 2. The van der Waals surface area contributed by atoms with Crippen molar-refractivity contribution in [1.82, 2.24) is 9.78 Å². The monoisotopic (exact) mass is 401 g/mol. The number of hydrogen-bond acceptors (Lipinski definition) is 4. The van der Waals surface area contributed by atoms with Gasteiger partial charge in [0.15, 0.2) is 11.5 Å². The number of carbonyl (C=O) groups is 1. The molecule has 6 rings (SSSR count). The molecule has 0 atom stereocenters. The van der Waals surface area contributed by atoms with E-state index >= 15 is 0 Å². The van der Waals surface area contributed by atoms with E-state index in [9.17, 15) is 4.79 Å². The molecule has 30 heavy (non-hydrogen) atoms. The third-order valence-corrected chi connectivity index (χ3v) is 6.12. The van der Waals surface area contributed by atoms with E-state index in [1.54, 1.807) is 4.68 Å². The van der Waals surface area contributed by atoms with Gasteiger partial charge in [0.2, 0.25) is 0 Å². The van der Waals surface area contributed by atoms with Crippen molar-refractivity contribution in [2.45, 2.75) is 50.2 Å². The Morgan fingerprint density at radius 3 is 2.53 bits per heavy atom. The van der Waals surface area contributed by atoms with Crippen LogP contribution < -0.4 is 14.8 Å². The third-order valence-electron chi connectivity index (χ3n) is 6.12. The topological polar surface area (TPSA) is 65.4 Å². The highest BCUT2D eigenvalue weighted by Crippen LogP contribution is 2.47. The van der Waals surface area contributed by atoms with Gasteiger partial charge >= 0.3 is 0 Å². The first-order valence-electron chi connectivity index (χ1n) is 10.7. The van der Waals surface area contributed by atoms with E-state index < -0.39 is 5.79 Å². The van der Waals surface area contributed by atoms with E-state index in [2.05, 4.69) is 5.32 Å². The van der Waals surface area contributed by atoms with Gasteiger partial charge in [0.1, 0.15) is 5.69 Å². The number of benzene rings is 2. The number of anilines is 1. The summed E-state index contributed by atoms with van der Waals surface area (Å²) in [5.41, 5.74) is 3.08. The second-order valence-electron chi connectivity index (χ2n) is 8.41. The molecule has 1 spiro atoms. The molecule has 0 radical (unpaired) electrons. The molecule has 1 N–H and O–H groups in total. The van der Waals surface area contributed by atoms with Crippen LogP contribution in [0.2, 0.25) is 0 Å². The van der Waals surface area contributed by atoms with Crippen molar-refractivity contribution in [2.24, 2.45) is 0 Å². The van der Waals surface area contributed by atoms with Gasteiger partial charge < -0.3 is 14.8 Å². The number of rotatable bonds is 4. The minimum atomic E-state index is -0.504. The first-order chi connectivity index (χ1) is 14.7. The van der Waals surface area contributed by atoms with Gasteiger partial charge in [0.05, 0.1) is 11.4 Å². The van der Waals surface area contributed by atoms with Gasteiger partial charge in [-0.2, -0.15) is 5.10 Å². The lowest BCUT2D eigenvalue weighted by molar-refractivity contribution is -0.0716. The summed E-state index contributed by atoms with van der Waals surface area (Å²) < 4.78 is 13.9. The van der Waals surface area contributed by atoms with E-state index in [1.165, 1.54) is 0 Å². The highest BCUT2D eigenvalue weighted by Gasteiger charge is 2.44. The summed E-state index contributed by atoms with van der Waals surface area (Å²) in [4.78, 5) is 13.2. The van der Waals surface area contributed by atoms with Crippen LogP contribution in [0.4, 0.5) is 5.69 Å². The molecule has 3 aliphatic rings. The molecule has 2 saturated carbocycles. The summed E-state index contributed by atoms with van der Waals surface area (Å²) in [6.45, 7) is 0. The molecule has 0 unspecified atom stereocenters. The first kappa shape index (κ1) is 17.6. The fourth-order valence-corrected chi connectivity index (χ4v) is 4.39. The summed E-state index contributed by atoms with van der Waals surface area (Å²) in [5, 5.41) is 7.74. The quantitative estimate of drug-likeness (QED) is 0.665. The Bertz CT molecular complexity index is 1110. The average Bonchev–Trinajstić information content (AvgIpc) is 3.20. The van der Waals surface area contributed by atoms with Gasteiger partial charge in [-0.15, -0.1) is 0 Å². The van der Waals surface area contributed by atoms with Gasteiger partial charge in [-0.25, -0.2) is 4.68 Å². The summed E-state index contributed by atoms with van der Waals surface area (Å²) in [5.74, 6) is 1.23. The largest absolute Gasteiger partial charge is 0.448 e. The molecular formula is C24H23N3O3. The fraction of sp³-hybridized carbons (Fsp3) is 0.333. The zero-order chi connectivity index (χ0) is 20.1. The number of hydrogen-bond donors (Lipinski definition) is 1. The van der Waals surface area contributed by atoms with Crippen LogP contribution in [-0.2, 0) is 0 Å². The smallest absolute Gasteiger partial charge is 0.274 e. The van der Waals surface area contributed by atoms with Crippen molar-refractivity contribution in [3.05, 3.63) is 66.0 Å². The number of aromatic nitrogens is 2. The standard InChI is InChI=1S/C24H23N3O3/c28-23(20-15-19(16-8-9-16)26-27(20)18-6-2-1-3-7-18)25-17-10-11-21-22(14-17)30-24(29-21)12-4-5-13-24/h1-3,6-7,10-11,14-16H,4-5,8-9,12-13H2,(H,25,28). The molecule has 0 saturated heterocycles. The molecule has 1 aliphatic heterocycles. The van der Waals surface area contributed by atoms with Crippen molar-refractivity contribution >= 4 is 11.6 Å². The molecule has 6 heteroatoms. The van der Waals surface area contributed by atoms with Crippen LogP contribution in [-0.4, -0.2) is 21.5 Å². The molecule has 1 amide bonds. The Labute approximate surface area is 174 Å². The molecule has 0 bridgehead atoms. The van der Waals surface area contributed by atoms with Gasteiger partial charge in [0, 0.05) is 30.5 Å². The lowest BCUT2D eigenvalue weighted by atomic mass is 10.2. The Hall–Kier alpha value is -3.28. The third kappa shape index (κ3) is 3.03. The molecule has 6 nitrogen and oxygen atoms in total. The lowest BCUT2D eigenvalue weighted by Gasteiger charge is -2.21. The molecular weight excluding hydrogens is 378 g/mol. The van der Waals surface area contributed by atoms with Crippen molar-refractivity contribution in [3.63, 3.8) is 0 Å². The van der Waals surface area contributed by atoms with E-state index in [0.717, 1.165) is 55.7 Å². The van der Waals surface area contributed by atoms with Crippen molar-refractivity contribution in [2.75, 3.05) is 5.32 Å². The fourth-order valence-electron chi connectivity index (χ4n) is 4.39. The van der Waals surface area contributed by atoms with Crippen LogP contribution in [0.1, 0.15) is 60.6 Å².